The van der Waals surface area contributed by atoms with Gasteiger partial charge in [-0.25, -0.2) is 0 Å². The molecular formula is C29H40O. The number of rotatable bonds is 11. The van der Waals surface area contributed by atoms with Gasteiger partial charge in [0.1, 0.15) is 0 Å². The number of benzene rings is 2. The van der Waals surface area contributed by atoms with Crippen LogP contribution in [0.2, 0.25) is 0 Å². The lowest BCUT2D eigenvalue weighted by atomic mass is 9.79. The van der Waals surface area contributed by atoms with Gasteiger partial charge in [0.2, 0.25) is 0 Å². The van der Waals surface area contributed by atoms with Crippen LogP contribution in [0.15, 0.2) is 60.7 Å². The molecule has 30 heavy (non-hydrogen) atoms. The number of unbranched alkanes of at least 4 members (excludes halogenated alkanes) is 2. The van der Waals surface area contributed by atoms with Gasteiger partial charge in [0.15, 0.2) is 0 Å². The highest BCUT2D eigenvalue weighted by atomic mass is 16.5. The van der Waals surface area contributed by atoms with Gasteiger partial charge in [-0.1, -0.05) is 80.4 Å². The fourth-order valence-electron chi connectivity index (χ4n) is 4.61. The second kappa shape index (κ2) is 12.7. The summed E-state index contributed by atoms with van der Waals surface area (Å²) in [5.41, 5.74) is 5.34. The van der Waals surface area contributed by atoms with Crippen LogP contribution in [0.4, 0.5) is 0 Å². The molecule has 0 amide bonds. The average molecular weight is 405 g/mol. The molecule has 0 aromatic heterocycles. The fraction of sp³-hybridized carbons (Fsp3) is 0.517. The third kappa shape index (κ3) is 7.43. The second-order valence-corrected chi connectivity index (χ2v) is 9.00. The Hall–Kier alpha value is -1.86. The van der Waals surface area contributed by atoms with Crippen LogP contribution >= 0.6 is 0 Å². The number of ether oxygens (including phenoxy) is 1. The van der Waals surface area contributed by atoms with E-state index in [1.807, 2.05) is 0 Å². The summed E-state index contributed by atoms with van der Waals surface area (Å²) in [7, 11) is 0. The molecule has 162 valence electrons. The van der Waals surface area contributed by atoms with Gasteiger partial charge in [-0.3, -0.25) is 0 Å². The third-order valence-electron chi connectivity index (χ3n) is 6.60. The van der Waals surface area contributed by atoms with Gasteiger partial charge in [-0.15, -0.1) is 0 Å². The second-order valence-electron chi connectivity index (χ2n) is 9.00. The minimum Gasteiger partial charge on any atom is -0.377 e. The molecule has 0 saturated heterocycles. The lowest BCUT2D eigenvalue weighted by molar-refractivity contribution is 0.117. The first-order valence-electron chi connectivity index (χ1n) is 12.2. The van der Waals surface area contributed by atoms with Gasteiger partial charge in [-0.2, -0.15) is 0 Å². The van der Waals surface area contributed by atoms with Crippen LogP contribution in [0.25, 0.3) is 11.1 Å². The van der Waals surface area contributed by atoms with E-state index in [0.717, 1.165) is 25.0 Å². The molecule has 0 radical (unpaired) electrons. The molecule has 0 bridgehead atoms. The molecule has 1 aliphatic rings. The molecule has 0 heterocycles. The smallest absolute Gasteiger partial charge is 0.0716 e. The molecular weight excluding hydrogens is 364 g/mol. The van der Waals surface area contributed by atoms with Crippen LogP contribution in [-0.2, 0) is 17.8 Å². The Morgan fingerprint density at radius 1 is 0.833 bits per heavy atom. The summed E-state index contributed by atoms with van der Waals surface area (Å²) >= 11 is 0. The zero-order chi connectivity index (χ0) is 21.0. The van der Waals surface area contributed by atoms with Crippen LogP contribution in [0.5, 0.6) is 0 Å². The number of aryl methyl sites for hydroxylation is 1. The Labute approximate surface area is 184 Å². The molecule has 0 spiro atoms. The zero-order valence-corrected chi connectivity index (χ0v) is 19.1. The first-order chi connectivity index (χ1) is 14.8. The lowest BCUT2D eigenvalue weighted by Crippen LogP contribution is -2.13. The maximum atomic E-state index is 5.77. The Balaban J connectivity index is 1.43. The predicted molar refractivity (Wildman–Crippen MR) is 130 cm³/mol. The van der Waals surface area contributed by atoms with Gasteiger partial charge in [0, 0.05) is 6.61 Å². The van der Waals surface area contributed by atoms with Crippen molar-refractivity contribution >= 4 is 0 Å². The summed E-state index contributed by atoms with van der Waals surface area (Å²) < 4.78 is 5.77. The minimum atomic E-state index is 0.722. The van der Waals surface area contributed by atoms with Crippen molar-refractivity contribution in [3.8, 4) is 11.1 Å². The molecule has 0 atom stereocenters. The maximum Gasteiger partial charge on any atom is 0.0716 e. The SMILES string of the molecule is CC=C[C@H]1CC[C@H](CCc2ccc(-c3ccc(COCCCCC)cc3)cc2)CC1. The average Bonchev–Trinajstić information content (AvgIpc) is 2.79. The van der Waals surface area contributed by atoms with Crippen LogP contribution in [-0.4, -0.2) is 6.61 Å². The molecule has 3 rings (SSSR count). The van der Waals surface area contributed by atoms with E-state index in [9.17, 15) is 0 Å². The molecule has 2 aromatic carbocycles. The predicted octanol–water partition coefficient (Wildman–Crippen LogP) is 8.38. The Bertz CT molecular complexity index is 733. The van der Waals surface area contributed by atoms with Gasteiger partial charge in [0.25, 0.3) is 0 Å². The van der Waals surface area contributed by atoms with E-state index in [1.54, 1.807) is 0 Å². The van der Waals surface area contributed by atoms with Crippen molar-refractivity contribution in [3.63, 3.8) is 0 Å². The Morgan fingerprint density at radius 3 is 2.07 bits per heavy atom. The van der Waals surface area contributed by atoms with Gasteiger partial charge in [0.05, 0.1) is 6.61 Å². The number of hydrogen-bond acceptors (Lipinski definition) is 1. The molecule has 2 aromatic rings. The van der Waals surface area contributed by atoms with E-state index >= 15 is 0 Å². The number of allylic oxidation sites excluding steroid dienone is 2. The van der Waals surface area contributed by atoms with E-state index in [1.165, 1.54) is 80.0 Å². The van der Waals surface area contributed by atoms with Crippen LogP contribution in [0, 0.1) is 11.8 Å². The Kier molecular flexibility index (Phi) is 9.70. The molecule has 1 nitrogen and oxygen atoms in total. The number of hydrogen-bond donors (Lipinski definition) is 0. The maximum absolute atomic E-state index is 5.77. The molecule has 1 aliphatic carbocycles. The summed E-state index contributed by atoms with van der Waals surface area (Å²) in [5, 5.41) is 0. The van der Waals surface area contributed by atoms with E-state index in [4.69, 9.17) is 4.74 Å². The topological polar surface area (TPSA) is 9.23 Å². The first-order valence-corrected chi connectivity index (χ1v) is 12.2. The fourth-order valence-corrected chi connectivity index (χ4v) is 4.61. The highest BCUT2D eigenvalue weighted by Gasteiger charge is 2.19. The molecule has 0 N–H and O–H groups in total. The van der Waals surface area contributed by atoms with Gasteiger partial charge >= 0.3 is 0 Å². The highest BCUT2D eigenvalue weighted by Crippen LogP contribution is 2.32. The first kappa shape index (κ1) is 22.8. The van der Waals surface area contributed by atoms with Crippen LogP contribution < -0.4 is 0 Å². The van der Waals surface area contributed by atoms with E-state index < -0.39 is 0 Å². The van der Waals surface area contributed by atoms with Crippen LogP contribution in [0.1, 0.15) is 76.3 Å². The van der Waals surface area contributed by atoms with Gasteiger partial charge in [-0.05, 0) is 86.0 Å². The Morgan fingerprint density at radius 2 is 1.47 bits per heavy atom. The zero-order valence-electron chi connectivity index (χ0n) is 19.1. The van der Waals surface area contributed by atoms with Crippen LogP contribution in [0.3, 0.4) is 0 Å². The molecule has 1 heteroatoms. The minimum absolute atomic E-state index is 0.722. The van der Waals surface area contributed by atoms with E-state index in [2.05, 4.69) is 74.5 Å². The van der Waals surface area contributed by atoms with Gasteiger partial charge < -0.3 is 4.74 Å². The summed E-state index contributed by atoms with van der Waals surface area (Å²) in [4.78, 5) is 0. The van der Waals surface area contributed by atoms with Crippen molar-refractivity contribution in [3.05, 3.63) is 71.8 Å². The molecule has 0 aliphatic heterocycles. The standard InChI is InChI=1S/C29H40O/c1-3-5-6-22-30-23-27-16-20-29(21-17-27)28-18-14-26(15-19-28)13-12-25-10-8-24(7-4-2)9-11-25/h4,7,14-21,24-25H,3,5-6,8-13,22-23H2,1-2H3/t24-,25-. The van der Waals surface area contributed by atoms with E-state index in [-0.39, 0.29) is 0 Å². The molecule has 0 unspecified atom stereocenters. The molecule has 1 fully saturated rings. The monoisotopic (exact) mass is 404 g/mol. The van der Waals surface area contributed by atoms with Crippen molar-refractivity contribution < 1.29 is 4.74 Å². The van der Waals surface area contributed by atoms with Crippen molar-refractivity contribution in [2.45, 2.75) is 78.2 Å². The summed E-state index contributed by atoms with van der Waals surface area (Å²) in [6.45, 7) is 5.96. The van der Waals surface area contributed by atoms with Crippen molar-refractivity contribution in [1.82, 2.24) is 0 Å². The van der Waals surface area contributed by atoms with Crippen molar-refractivity contribution in [1.29, 1.82) is 0 Å². The molecule has 1 saturated carbocycles. The quantitative estimate of drug-likeness (QED) is 0.270. The lowest BCUT2D eigenvalue weighted by Gasteiger charge is -2.26. The largest absolute Gasteiger partial charge is 0.377 e. The van der Waals surface area contributed by atoms with E-state index in [0.29, 0.717) is 0 Å². The normalized spacial score (nSPS) is 19.4. The summed E-state index contributed by atoms with van der Waals surface area (Å²) in [5.74, 6) is 1.76. The summed E-state index contributed by atoms with van der Waals surface area (Å²) in [6, 6.07) is 18.1. The highest BCUT2D eigenvalue weighted by molar-refractivity contribution is 5.63. The third-order valence-corrected chi connectivity index (χ3v) is 6.60. The summed E-state index contributed by atoms with van der Waals surface area (Å²) in [6.07, 6.45) is 16.4. The van der Waals surface area contributed by atoms with Crippen molar-refractivity contribution in [2.75, 3.05) is 6.61 Å². The van der Waals surface area contributed by atoms with Crippen molar-refractivity contribution in [2.24, 2.45) is 11.8 Å².